The zero-order valence-corrected chi connectivity index (χ0v) is 9.30. The van der Waals surface area contributed by atoms with Crippen molar-refractivity contribution in [1.82, 2.24) is 15.5 Å². The Balaban J connectivity index is 1.77. The second-order valence-corrected chi connectivity index (χ2v) is 5.16. The maximum atomic E-state index is 5.02. The summed E-state index contributed by atoms with van der Waals surface area (Å²) in [5.74, 6) is 2.58. The molecule has 2 rings (SSSR count). The first-order valence-electron chi connectivity index (χ1n) is 4.88. The first-order chi connectivity index (χ1) is 6.74. The highest BCUT2D eigenvalue weighted by Gasteiger charge is 2.21. The summed E-state index contributed by atoms with van der Waals surface area (Å²) in [5, 5.41) is 7.94. The highest BCUT2D eigenvalue weighted by Crippen LogP contribution is 2.25. The molecule has 0 aromatic carbocycles. The maximum Gasteiger partial charge on any atom is 0.240 e. The van der Waals surface area contributed by atoms with Crippen LogP contribution >= 0.6 is 11.8 Å². The van der Waals surface area contributed by atoms with Crippen LogP contribution in [0.25, 0.3) is 0 Å². The number of hydrogen-bond donors (Lipinski definition) is 1. The lowest BCUT2D eigenvalue weighted by Crippen LogP contribution is -2.28. The molecule has 2 unspecified atom stereocenters. The number of aromatic nitrogens is 2. The topological polar surface area (TPSA) is 51.0 Å². The fourth-order valence-corrected chi connectivity index (χ4v) is 2.79. The monoisotopic (exact) mass is 213 g/mol. The predicted octanol–water partition coefficient (Wildman–Crippen LogP) is 1.36. The molecule has 2 heterocycles. The van der Waals surface area contributed by atoms with Gasteiger partial charge in [0, 0.05) is 17.0 Å². The molecule has 1 N–H and O–H groups in total. The normalized spacial score (nSPS) is 27.0. The number of rotatable bonds is 3. The van der Waals surface area contributed by atoms with E-state index in [1.165, 1.54) is 12.2 Å². The van der Waals surface area contributed by atoms with Gasteiger partial charge < -0.3 is 9.84 Å². The quantitative estimate of drug-likeness (QED) is 0.821. The van der Waals surface area contributed by atoms with Crippen LogP contribution in [0.5, 0.6) is 0 Å². The van der Waals surface area contributed by atoms with Gasteiger partial charge in [0.05, 0.1) is 6.54 Å². The molecule has 1 aliphatic rings. The third-order valence-electron chi connectivity index (χ3n) is 2.31. The van der Waals surface area contributed by atoms with E-state index in [1.54, 1.807) is 0 Å². The molecule has 0 bridgehead atoms. The first-order valence-corrected chi connectivity index (χ1v) is 5.93. The van der Waals surface area contributed by atoms with E-state index >= 15 is 0 Å². The number of hydrogen-bond acceptors (Lipinski definition) is 5. The van der Waals surface area contributed by atoms with Crippen LogP contribution in [0.3, 0.4) is 0 Å². The van der Waals surface area contributed by atoms with Gasteiger partial charge in [-0.05, 0) is 13.3 Å². The summed E-state index contributed by atoms with van der Waals surface area (Å²) in [6.07, 6.45) is 1.23. The van der Waals surface area contributed by atoms with Crippen molar-refractivity contribution in [3.63, 3.8) is 0 Å². The minimum Gasteiger partial charge on any atom is -0.338 e. The summed E-state index contributed by atoms with van der Waals surface area (Å²) in [6, 6.07) is 0.599. The Kier molecular flexibility index (Phi) is 3.08. The van der Waals surface area contributed by atoms with E-state index < -0.39 is 0 Å². The number of aryl methyl sites for hydroxylation is 1. The zero-order valence-electron chi connectivity index (χ0n) is 8.49. The highest BCUT2D eigenvalue weighted by atomic mass is 32.2. The van der Waals surface area contributed by atoms with Crippen LogP contribution in [0.2, 0.25) is 0 Å². The first kappa shape index (κ1) is 9.98. The van der Waals surface area contributed by atoms with E-state index in [2.05, 4.69) is 22.4 Å². The van der Waals surface area contributed by atoms with Crippen LogP contribution < -0.4 is 5.32 Å². The molecule has 0 saturated carbocycles. The molecule has 1 aromatic rings. The molecular formula is C9H15N3OS. The molecule has 1 saturated heterocycles. The molecule has 0 spiro atoms. The lowest BCUT2D eigenvalue weighted by atomic mass is 10.2. The smallest absolute Gasteiger partial charge is 0.240 e. The van der Waals surface area contributed by atoms with E-state index in [-0.39, 0.29) is 0 Å². The molecule has 0 radical (unpaired) electrons. The van der Waals surface area contributed by atoms with Crippen molar-refractivity contribution in [2.75, 3.05) is 5.75 Å². The lowest BCUT2D eigenvalue weighted by molar-refractivity contribution is 0.356. The fourth-order valence-electron chi connectivity index (χ4n) is 1.60. The molecule has 4 nitrogen and oxygen atoms in total. The molecule has 14 heavy (non-hydrogen) atoms. The minimum absolute atomic E-state index is 0.599. The summed E-state index contributed by atoms with van der Waals surface area (Å²) in [4.78, 5) is 4.14. The number of nitrogens with zero attached hydrogens (tertiary/aromatic N) is 2. The predicted molar refractivity (Wildman–Crippen MR) is 56.2 cm³/mol. The van der Waals surface area contributed by atoms with Gasteiger partial charge in [0.1, 0.15) is 0 Å². The molecule has 0 aliphatic carbocycles. The van der Waals surface area contributed by atoms with E-state index in [0.717, 1.165) is 5.25 Å². The molecule has 1 aliphatic heterocycles. The van der Waals surface area contributed by atoms with Crippen LogP contribution in [-0.2, 0) is 6.54 Å². The number of nitrogens with one attached hydrogen (secondary N) is 1. The molecule has 0 amide bonds. The summed E-state index contributed by atoms with van der Waals surface area (Å²) < 4.78 is 5.02. The van der Waals surface area contributed by atoms with Crippen molar-refractivity contribution < 1.29 is 4.52 Å². The summed E-state index contributed by atoms with van der Waals surface area (Å²) in [7, 11) is 0. The largest absolute Gasteiger partial charge is 0.338 e. The van der Waals surface area contributed by atoms with Crippen molar-refractivity contribution in [3.05, 3.63) is 11.7 Å². The van der Waals surface area contributed by atoms with E-state index in [4.69, 9.17) is 4.52 Å². The average molecular weight is 213 g/mol. The average Bonchev–Trinajstić information content (AvgIpc) is 2.72. The summed E-state index contributed by atoms with van der Waals surface area (Å²) in [6.45, 7) is 4.79. The molecule has 1 aromatic heterocycles. The Morgan fingerprint density at radius 3 is 3.07 bits per heavy atom. The number of thioether (sulfide) groups is 1. The van der Waals surface area contributed by atoms with Crippen molar-refractivity contribution >= 4 is 11.8 Å². The van der Waals surface area contributed by atoms with Gasteiger partial charge in [0.2, 0.25) is 5.89 Å². The van der Waals surface area contributed by atoms with Gasteiger partial charge in [-0.2, -0.15) is 16.7 Å². The Hall–Kier alpha value is -0.550. The standard InChI is InChI=1S/C9H15N3OS/c1-6-3-8(5-14-6)10-4-9-11-7(2)12-13-9/h6,8,10H,3-5H2,1-2H3. The Bertz CT molecular complexity index is 302. The van der Waals surface area contributed by atoms with Gasteiger partial charge in [-0.25, -0.2) is 0 Å². The minimum atomic E-state index is 0.599. The van der Waals surface area contributed by atoms with E-state index in [1.807, 2.05) is 18.7 Å². The van der Waals surface area contributed by atoms with Crippen molar-refractivity contribution in [2.24, 2.45) is 0 Å². The molecule has 5 heteroatoms. The van der Waals surface area contributed by atoms with Crippen LogP contribution in [-0.4, -0.2) is 27.2 Å². The van der Waals surface area contributed by atoms with Crippen LogP contribution in [0.1, 0.15) is 25.1 Å². The third kappa shape index (κ3) is 2.48. The van der Waals surface area contributed by atoms with Gasteiger partial charge in [0.15, 0.2) is 5.82 Å². The highest BCUT2D eigenvalue weighted by molar-refractivity contribution is 8.00. The SMILES string of the molecule is Cc1noc(CNC2CSC(C)C2)n1. The van der Waals surface area contributed by atoms with Gasteiger partial charge in [0.25, 0.3) is 0 Å². The molecule has 1 fully saturated rings. The zero-order chi connectivity index (χ0) is 9.97. The fraction of sp³-hybridized carbons (Fsp3) is 0.778. The Morgan fingerprint density at radius 1 is 1.64 bits per heavy atom. The van der Waals surface area contributed by atoms with Crippen LogP contribution in [0.15, 0.2) is 4.52 Å². The Morgan fingerprint density at radius 2 is 2.50 bits per heavy atom. The van der Waals surface area contributed by atoms with E-state index in [0.29, 0.717) is 24.3 Å². The van der Waals surface area contributed by atoms with Crippen LogP contribution in [0, 0.1) is 6.92 Å². The molecule has 2 atom stereocenters. The molecule has 78 valence electrons. The van der Waals surface area contributed by atoms with Crippen molar-refractivity contribution in [1.29, 1.82) is 0 Å². The van der Waals surface area contributed by atoms with Gasteiger partial charge in [-0.15, -0.1) is 0 Å². The maximum absolute atomic E-state index is 5.02. The Labute approximate surface area is 87.8 Å². The van der Waals surface area contributed by atoms with Gasteiger partial charge in [-0.1, -0.05) is 12.1 Å². The summed E-state index contributed by atoms with van der Waals surface area (Å²) in [5.41, 5.74) is 0. The van der Waals surface area contributed by atoms with Crippen molar-refractivity contribution in [2.45, 2.75) is 38.1 Å². The lowest BCUT2D eigenvalue weighted by Gasteiger charge is -2.08. The van der Waals surface area contributed by atoms with Gasteiger partial charge >= 0.3 is 0 Å². The third-order valence-corrected chi connectivity index (χ3v) is 3.67. The second kappa shape index (κ2) is 4.31. The second-order valence-electron chi connectivity index (χ2n) is 3.69. The van der Waals surface area contributed by atoms with Gasteiger partial charge in [-0.3, -0.25) is 0 Å². The van der Waals surface area contributed by atoms with E-state index in [9.17, 15) is 0 Å². The summed E-state index contributed by atoms with van der Waals surface area (Å²) >= 11 is 2.02. The molecular weight excluding hydrogens is 198 g/mol. The van der Waals surface area contributed by atoms with Crippen molar-refractivity contribution in [3.8, 4) is 0 Å². The van der Waals surface area contributed by atoms with Crippen LogP contribution in [0.4, 0.5) is 0 Å².